The summed E-state index contributed by atoms with van der Waals surface area (Å²) in [5.41, 5.74) is 2.09. The van der Waals surface area contributed by atoms with E-state index in [1.807, 2.05) is 30.3 Å². The summed E-state index contributed by atoms with van der Waals surface area (Å²) in [7, 11) is 0. The second-order valence-electron chi connectivity index (χ2n) is 4.32. The van der Waals surface area contributed by atoms with E-state index in [9.17, 15) is 4.79 Å². The third kappa shape index (κ3) is 4.56. The predicted molar refractivity (Wildman–Crippen MR) is 73.4 cm³/mol. The molecule has 0 atom stereocenters. The molecule has 0 spiro atoms. The molecule has 0 unspecified atom stereocenters. The van der Waals surface area contributed by atoms with Crippen molar-refractivity contribution in [3.05, 3.63) is 48.0 Å². The number of rotatable bonds is 8. The molecule has 0 fully saturated rings. The average Bonchev–Trinajstić information content (AvgIpc) is 2.38. The van der Waals surface area contributed by atoms with Gasteiger partial charge in [0.2, 0.25) is 0 Å². The first-order valence-corrected chi connectivity index (χ1v) is 6.51. The zero-order valence-electron chi connectivity index (χ0n) is 10.7. The molecule has 0 aliphatic carbocycles. The molecule has 1 nitrogen and oxygen atoms in total. The van der Waals surface area contributed by atoms with Crippen molar-refractivity contribution in [2.24, 2.45) is 0 Å². The molecule has 0 aliphatic rings. The van der Waals surface area contributed by atoms with E-state index in [-0.39, 0.29) is 0 Å². The van der Waals surface area contributed by atoms with Crippen LogP contribution in [0.1, 0.15) is 54.9 Å². The standard InChI is InChI=1S/C16H22O/c1-3-5-6-7-8-13-16(17)15-12-10-9-11-14(15)4-2/h3,9-12H,1,4-8,13H2,2H3. The topological polar surface area (TPSA) is 17.1 Å². The van der Waals surface area contributed by atoms with Crippen LogP contribution in [0.5, 0.6) is 0 Å². The van der Waals surface area contributed by atoms with Crippen molar-refractivity contribution in [1.82, 2.24) is 0 Å². The van der Waals surface area contributed by atoms with Crippen LogP contribution in [0.15, 0.2) is 36.9 Å². The highest BCUT2D eigenvalue weighted by Gasteiger charge is 2.08. The molecule has 0 saturated heterocycles. The zero-order chi connectivity index (χ0) is 12.5. The third-order valence-electron chi connectivity index (χ3n) is 3.01. The van der Waals surface area contributed by atoms with Crippen molar-refractivity contribution < 1.29 is 4.79 Å². The molecule has 1 heteroatoms. The van der Waals surface area contributed by atoms with Gasteiger partial charge in [0.25, 0.3) is 0 Å². The molecule has 1 aromatic carbocycles. The van der Waals surface area contributed by atoms with Gasteiger partial charge in [-0.3, -0.25) is 4.79 Å². The fourth-order valence-electron chi connectivity index (χ4n) is 1.99. The van der Waals surface area contributed by atoms with Gasteiger partial charge in [0.05, 0.1) is 0 Å². The molecule has 0 saturated carbocycles. The van der Waals surface area contributed by atoms with Gasteiger partial charge in [-0.15, -0.1) is 6.58 Å². The van der Waals surface area contributed by atoms with E-state index >= 15 is 0 Å². The Labute approximate surface area is 105 Å². The SMILES string of the molecule is C=CCCCCCC(=O)c1ccccc1CC. The van der Waals surface area contributed by atoms with E-state index in [2.05, 4.69) is 13.5 Å². The second kappa shape index (κ2) is 7.83. The quantitative estimate of drug-likeness (QED) is 0.363. The lowest BCUT2D eigenvalue weighted by Crippen LogP contribution is -2.03. The van der Waals surface area contributed by atoms with E-state index in [0.717, 1.165) is 37.7 Å². The lowest BCUT2D eigenvalue weighted by Gasteiger charge is -2.06. The van der Waals surface area contributed by atoms with E-state index in [1.165, 1.54) is 5.56 Å². The van der Waals surface area contributed by atoms with E-state index < -0.39 is 0 Å². The van der Waals surface area contributed by atoms with Gasteiger partial charge in [0.1, 0.15) is 0 Å². The Kier molecular flexibility index (Phi) is 6.31. The fourth-order valence-corrected chi connectivity index (χ4v) is 1.99. The number of benzene rings is 1. The van der Waals surface area contributed by atoms with Crippen LogP contribution in [0.4, 0.5) is 0 Å². The van der Waals surface area contributed by atoms with Crippen LogP contribution in [0.3, 0.4) is 0 Å². The van der Waals surface area contributed by atoms with Crippen LogP contribution in [0.2, 0.25) is 0 Å². The molecule has 0 heterocycles. The molecule has 0 aromatic heterocycles. The molecule has 0 N–H and O–H groups in total. The number of aryl methyl sites for hydroxylation is 1. The van der Waals surface area contributed by atoms with E-state index in [1.54, 1.807) is 0 Å². The molecule has 1 rings (SSSR count). The van der Waals surface area contributed by atoms with Crippen molar-refractivity contribution in [2.75, 3.05) is 0 Å². The van der Waals surface area contributed by atoms with E-state index in [4.69, 9.17) is 0 Å². The van der Waals surface area contributed by atoms with Crippen molar-refractivity contribution in [3.8, 4) is 0 Å². The second-order valence-corrected chi connectivity index (χ2v) is 4.32. The lowest BCUT2D eigenvalue weighted by molar-refractivity contribution is 0.0978. The Morgan fingerprint density at radius 2 is 2.00 bits per heavy atom. The summed E-state index contributed by atoms with van der Waals surface area (Å²) in [5, 5.41) is 0. The first kappa shape index (κ1) is 13.7. The van der Waals surface area contributed by atoms with Crippen molar-refractivity contribution in [1.29, 1.82) is 0 Å². The first-order valence-electron chi connectivity index (χ1n) is 6.51. The Morgan fingerprint density at radius 3 is 2.71 bits per heavy atom. The maximum atomic E-state index is 12.0. The highest BCUT2D eigenvalue weighted by molar-refractivity contribution is 5.97. The summed E-state index contributed by atoms with van der Waals surface area (Å²) in [4.78, 5) is 12.0. The molecule has 0 amide bonds. The highest BCUT2D eigenvalue weighted by atomic mass is 16.1. The van der Waals surface area contributed by atoms with Crippen molar-refractivity contribution in [3.63, 3.8) is 0 Å². The summed E-state index contributed by atoms with van der Waals surface area (Å²) >= 11 is 0. The van der Waals surface area contributed by atoms with Crippen LogP contribution in [0.25, 0.3) is 0 Å². The van der Waals surface area contributed by atoms with Crippen LogP contribution in [-0.4, -0.2) is 5.78 Å². The molecule has 0 bridgehead atoms. The van der Waals surface area contributed by atoms with Gasteiger partial charge in [-0.05, 0) is 31.2 Å². The number of Topliss-reactive ketones (excluding diaryl/α,β-unsaturated/α-hetero) is 1. The largest absolute Gasteiger partial charge is 0.294 e. The Bertz CT molecular complexity index is 366. The number of hydrogen-bond donors (Lipinski definition) is 0. The first-order chi connectivity index (χ1) is 8.29. The monoisotopic (exact) mass is 230 g/mol. The normalized spacial score (nSPS) is 10.2. The van der Waals surface area contributed by atoms with Gasteiger partial charge in [0.15, 0.2) is 5.78 Å². The van der Waals surface area contributed by atoms with E-state index in [0.29, 0.717) is 12.2 Å². The van der Waals surface area contributed by atoms with Crippen molar-refractivity contribution in [2.45, 2.75) is 45.4 Å². The summed E-state index contributed by atoms with van der Waals surface area (Å²) in [6.45, 7) is 5.79. The summed E-state index contributed by atoms with van der Waals surface area (Å²) < 4.78 is 0. The minimum atomic E-state index is 0.293. The molecular formula is C16H22O. The minimum absolute atomic E-state index is 0.293. The Hall–Kier alpha value is -1.37. The van der Waals surface area contributed by atoms with Gasteiger partial charge < -0.3 is 0 Å². The fraction of sp³-hybridized carbons (Fsp3) is 0.438. The summed E-state index contributed by atoms with van der Waals surface area (Å²) in [6.07, 6.45) is 7.85. The number of carbonyl (C=O) groups is 1. The molecule has 0 aliphatic heterocycles. The third-order valence-corrected chi connectivity index (χ3v) is 3.01. The number of allylic oxidation sites excluding steroid dienone is 1. The van der Waals surface area contributed by atoms with Crippen LogP contribution < -0.4 is 0 Å². The summed E-state index contributed by atoms with van der Waals surface area (Å²) in [6, 6.07) is 7.94. The maximum Gasteiger partial charge on any atom is 0.163 e. The van der Waals surface area contributed by atoms with Crippen LogP contribution in [0, 0.1) is 0 Å². The van der Waals surface area contributed by atoms with Gasteiger partial charge in [-0.2, -0.15) is 0 Å². The lowest BCUT2D eigenvalue weighted by atomic mass is 9.98. The molecule has 92 valence electrons. The van der Waals surface area contributed by atoms with Crippen molar-refractivity contribution >= 4 is 5.78 Å². The minimum Gasteiger partial charge on any atom is -0.294 e. The molecule has 1 aromatic rings. The van der Waals surface area contributed by atoms with Crippen LogP contribution in [-0.2, 0) is 6.42 Å². The maximum absolute atomic E-state index is 12.0. The predicted octanol–water partition coefficient (Wildman–Crippen LogP) is 4.57. The van der Waals surface area contributed by atoms with Gasteiger partial charge in [0, 0.05) is 12.0 Å². The highest BCUT2D eigenvalue weighted by Crippen LogP contribution is 2.14. The van der Waals surface area contributed by atoms with Crippen LogP contribution >= 0.6 is 0 Å². The molecule has 17 heavy (non-hydrogen) atoms. The number of carbonyl (C=O) groups excluding carboxylic acids is 1. The average molecular weight is 230 g/mol. The van der Waals surface area contributed by atoms with Gasteiger partial charge >= 0.3 is 0 Å². The number of hydrogen-bond acceptors (Lipinski definition) is 1. The van der Waals surface area contributed by atoms with Gasteiger partial charge in [-0.25, -0.2) is 0 Å². The molecule has 0 radical (unpaired) electrons. The summed E-state index contributed by atoms with van der Waals surface area (Å²) in [5.74, 6) is 0.293. The van der Waals surface area contributed by atoms with Gasteiger partial charge in [-0.1, -0.05) is 43.7 Å². The smallest absolute Gasteiger partial charge is 0.163 e. The number of unbranched alkanes of at least 4 members (excludes halogenated alkanes) is 3. The Balaban J connectivity index is 2.44. The zero-order valence-corrected chi connectivity index (χ0v) is 10.7. The Morgan fingerprint density at radius 1 is 1.24 bits per heavy atom. The number of ketones is 1. The molecular weight excluding hydrogens is 208 g/mol.